The molecule has 0 aliphatic carbocycles. The molecular weight excluding hydrogens is 328 g/mol. The highest BCUT2D eigenvalue weighted by molar-refractivity contribution is 5.90. The van der Waals surface area contributed by atoms with Gasteiger partial charge < -0.3 is 15.1 Å². The third-order valence-electron chi connectivity index (χ3n) is 4.67. The maximum atomic E-state index is 12.8. The Morgan fingerprint density at radius 1 is 1.27 bits per heavy atom. The molecule has 0 spiro atoms. The molecule has 3 amide bonds. The monoisotopic (exact) mass is 354 g/mol. The zero-order chi connectivity index (χ0) is 19.2. The van der Waals surface area contributed by atoms with Crippen LogP contribution in [-0.2, 0) is 4.79 Å². The van der Waals surface area contributed by atoms with Gasteiger partial charge in [0.1, 0.15) is 5.41 Å². The molecule has 26 heavy (non-hydrogen) atoms. The lowest BCUT2D eigenvalue weighted by Crippen LogP contribution is -2.50. The molecule has 1 saturated heterocycles. The van der Waals surface area contributed by atoms with Crippen LogP contribution in [0.1, 0.15) is 26.7 Å². The summed E-state index contributed by atoms with van der Waals surface area (Å²) in [6.45, 7) is 5.20. The molecule has 1 aliphatic rings. The van der Waals surface area contributed by atoms with E-state index in [-0.39, 0.29) is 11.9 Å². The van der Waals surface area contributed by atoms with Crippen LogP contribution in [0.3, 0.4) is 0 Å². The van der Waals surface area contributed by atoms with Crippen LogP contribution in [0.4, 0.5) is 10.5 Å². The van der Waals surface area contributed by atoms with Gasteiger partial charge in [0, 0.05) is 32.4 Å². The maximum Gasteiger partial charge on any atom is 0.321 e. The number of likely N-dealkylation sites (N-methyl/N-ethyl adjacent to an activating group) is 1. The second-order valence-electron chi connectivity index (χ2n) is 6.94. The second-order valence-corrected chi connectivity index (χ2v) is 6.94. The lowest BCUT2D eigenvalue weighted by atomic mass is 9.78. The largest absolute Gasteiger partial charge is 0.341 e. The number of carbonyl (C=O) groups excluding carboxylic acids is 2. The van der Waals surface area contributed by atoms with Crippen molar-refractivity contribution < 1.29 is 9.59 Å². The van der Waals surface area contributed by atoms with Crippen LogP contribution in [0.2, 0.25) is 0 Å². The first-order valence-electron chi connectivity index (χ1n) is 8.79. The summed E-state index contributed by atoms with van der Waals surface area (Å²) in [5.41, 5.74) is 0.809. The third-order valence-corrected chi connectivity index (χ3v) is 4.67. The molecule has 0 unspecified atom stereocenters. The molecule has 2 rings (SSSR count). The van der Waals surface area contributed by atoms with E-state index in [0.29, 0.717) is 32.5 Å². The van der Waals surface area contributed by atoms with E-state index in [0.717, 1.165) is 11.3 Å². The number of rotatable bonds is 4. The Balaban J connectivity index is 1.97. The fourth-order valence-corrected chi connectivity index (χ4v) is 2.96. The van der Waals surface area contributed by atoms with Crippen LogP contribution in [0.15, 0.2) is 42.0 Å². The minimum absolute atomic E-state index is 0.166. The van der Waals surface area contributed by atoms with E-state index in [2.05, 4.69) is 11.4 Å². The van der Waals surface area contributed by atoms with Gasteiger partial charge in [-0.05, 0) is 38.8 Å². The maximum absolute atomic E-state index is 12.8. The number of benzene rings is 1. The van der Waals surface area contributed by atoms with Crippen LogP contribution in [0.25, 0.3) is 0 Å². The highest BCUT2D eigenvalue weighted by Gasteiger charge is 2.44. The topological polar surface area (TPSA) is 76.4 Å². The minimum atomic E-state index is -1.05. The molecule has 0 bridgehead atoms. The molecule has 1 aromatic rings. The van der Waals surface area contributed by atoms with Gasteiger partial charge in [-0.25, -0.2) is 4.79 Å². The molecule has 1 aliphatic heterocycles. The number of likely N-dealkylation sites (tertiary alicyclic amines) is 1. The molecule has 0 radical (unpaired) electrons. The zero-order valence-corrected chi connectivity index (χ0v) is 15.7. The van der Waals surface area contributed by atoms with Crippen LogP contribution >= 0.6 is 0 Å². The highest BCUT2D eigenvalue weighted by Crippen LogP contribution is 2.33. The standard InChI is InChI=1S/C20H26N4O2/c1-16(2)9-12-23(3)18(25)20(15-21)10-13-24(14-11-20)19(26)22-17-7-5-4-6-8-17/h4-9H,10-14H2,1-3H3,(H,22,26). The normalized spacial score (nSPS) is 15.5. The summed E-state index contributed by atoms with van der Waals surface area (Å²) in [4.78, 5) is 28.4. The van der Waals surface area contributed by atoms with Crippen LogP contribution in [0, 0.1) is 16.7 Å². The number of amides is 3. The molecule has 1 aromatic carbocycles. The first-order chi connectivity index (χ1) is 12.4. The summed E-state index contributed by atoms with van der Waals surface area (Å²) < 4.78 is 0. The second kappa shape index (κ2) is 8.52. The van der Waals surface area contributed by atoms with Gasteiger partial charge in [-0.1, -0.05) is 29.8 Å². The molecular formula is C20H26N4O2. The van der Waals surface area contributed by atoms with Crippen molar-refractivity contribution in [1.82, 2.24) is 9.80 Å². The van der Waals surface area contributed by atoms with E-state index in [1.807, 2.05) is 50.3 Å². The molecule has 1 fully saturated rings. The number of piperidine rings is 1. The van der Waals surface area contributed by atoms with Crippen LogP contribution in [-0.4, -0.2) is 48.4 Å². The molecule has 138 valence electrons. The van der Waals surface area contributed by atoms with Crippen molar-refractivity contribution in [3.63, 3.8) is 0 Å². The smallest absolute Gasteiger partial charge is 0.321 e. The van der Waals surface area contributed by atoms with E-state index in [4.69, 9.17) is 0 Å². The fraction of sp³-hybridized carbons (Fsp3) is 0.450. The lowest BCUT2D eigenvalue weighted by molar-refractivity contribution is -0.139. The number of hydrogen-bond acceptors (Lipinski definition) is 3. The number of urea groups is 1. The summed E-state index contributed by atoms with van der Waals surface area (Å²) in [7, 11) is 1.72. The Labute approximate surface area is 155 Å². The molecule has 0 aromatic heterocycles. The predicted molar refractivity (Wildman–Crippen MR) is 101 cm³/mol. The Bertz CT molecular complexity index is 709. The van der Waals surface area contributed by atoms with Crippen molar-refractivity contribution in [3.05, 3.63) is 42.0 Å². The van der Waals surface area contributed by atoms with E-state index < -0.39 is 5.41 Å². The Kier molecular flexibility index (Phi) is 6.40. The number of nitriles is 1. The van der Waals surface area contributed by atoms with Gasteiger partial charge in [0.2, 0.25) is 5.91 Å². The van der Waals surface area contributed by atoms with Crippen molar-refractivity contribution in [3.8, 4) is 6.07 Å². The van der Waals surface area contributed by atoms with E-state index in [9.17, 15) is 14.9 Å². The predicted octanol–water partition coefficient (Wildman–Crippen LogP) is 3.25. The number of nitrogens with zero attached hydrogens (tertiary/aromatic N) is 3. The SMILES string of the molecule is CC(C)=CCN(C)C(=O)C1(C#N)CCN(C(=O)Nc2ccccc2)CC1. The number of nitrogens with one attached hydrogen (secondary N) is 1. The molecule has 1 heterocycles. The van der Waals surface area contributed by atoms with E-state index in [1.165, 1.54) is 0 Å². The average Bonchev–Trinajstić information content (AvgIpc) is 2.66. The van der Waals surface area contributed by atoms with Crippen molar-refractivity contribution in [2.45, 2.75) is 26.7 Å². The van der Waals surface area contributed by atoms with Gasteiger partial charge in [-0.3, -0.25) is 4.79 Å². The van der Waals surface area contributed by atoms with Gasteiger partial charge in [0.25, 0.3) is 0 Å². The summed E-state index contributed by atoms with van der Waals surface area (Å²) in [5.74, 6) is -0.166. The third kappa shape index (κ3) is 4.63. The van der Waals surface area contributed by atoms with Gasteiger partial charge in [0.05, 0.1) is 6.07 Å². The van der Waals surface area contributed by atoms with Gasteiger partial charge in [-0.15, -0.1) is 0 Å². The molecule has 6 heteroatoms. The average molecular weight is 354 g/mol. The Morgan fingerprint density at radius 2 is 1.88 bits per heavy atom. The van der Waals surface area contributed by atoms with Crippen molar-refractivity contribution in [2.75, 3.05) is 32.0 Å². The Hall–Kier alpha value is -2.81. The van der Waals surface area contributed by atoms with Gasteiger partial charge in [-0.2, -0.15) is 5.26 Å². The first-order valence-corrected chi connectivity index (χ1v) is 8.79. The minimum Gasteiger partial charge on any atom is -0.341 e. The van der Waals surface area contributed by atoms with Crippen LogP contribution < -0.4 is 5.32 Å². The van der Waals surface area contributed by atoms with E-state index >= 15 is 0 Å². The molecule has 6 nitrogen and oxygen atoms in total. The number of allylic oxidation sites excluding steroid dienone is 1. The number of carbonyl (C=O) groups is 2. The highest BCUT2D eigenvalue weighted by atomic mass is 16.2. The van der Waals surface area contributed by atoms with Crippen LogP contribution in [0.5, 0.6) is 0 Å². The number of anilines is 1. The summed E-state index contributed by atoms with van der Waals surface area (Å²) in [6.07, 6.45) is 2.67. The molecule has 1 N–H and O–H groups in total. The fourth-order valence-electron chi connectivity index (χ4n) is 2.96. The van der Waals surface area contributed by atoms with Crippen molar-refractivity contribution in [2.24, 2.45) is 5.41 Å². The number of para-hydroxylation sites is 1. The Morgan fingerprint density at radius 3 is 2.42 bits per heavy atom. The zero-order valence-electron chi connectivity index (χ0n) is 15.7. The molecule has 0 saturated carbocycles. The summed E-state index contributed by atoms with van der Waals surface area (Å²) in [5, 5.41) is 12.5. The quantitative estimate of drug-likeness (QED) is 0.843. The molecule has 0 atom stereocenters. The number of hydrogen-bond donors (Lipinski definition) is 1. The van der Waals surface area contributed by atoms with Crippen molar-refractivity contribution in [1.29, 1.82) is 5.26 Å². The summed E-state index contributed by atoms with van der Waals surface area (Å²) >= 11 is 0. The lowest BCUT2D eigenvalue weighted by Gasteiger charge is -2.38. The van der Waals surface area contributed by atoms with E-state index in [1.54, 1.807) is 16.8 Å². The first kappa shape index (κ1) is 19.5. The summed E-state index contributed by atoms with van der Waals surface area (Å²) in [6, 6.07) is 11.3. The van der Waals surface area contributed by atoms with Crippen molar-refractivity contribution >= 4 is 17.6 Å². The van der Waals surface area contributed by atoms with Gasteiger partial charge >= 0.3 is 6.03 Å². The van der Waals surface area contributed by atoms with Gasteiger partial charge in [0.15, 0.2) is 0 Å².